The van der Waals surface area contributed by atoms with Crippen LogP contribution in [0.25, 0.3) is 0 Å². The number of hydrogen-bond acceptors (Lipinski definition) is 6. The fraction of sp³-hybridized carbons (Fsp3) is 0.296. The summed E-state index contributed by atoms with van der Waals surface area (Å²) in [5.41, 5.74) is -1.44. The molecule has 0 aromatic heterocycles. The van der Waals surface area contributed by atoms with E-state index in [1.165, 1.54) is 30.3 Å². The fourth-order valence-electron chi connectivity index (χ4n) is 4.23. The standard InChI is InChI=1S/C27H27ClF2N2O5S/c1-18-7-10-21(11-8-18)38(35,36)32-24(15-19-5-3-2-4-6-19)25(33)37-17-26(34)22-16-20(28)9-12-23(22)31-14-13-27(26,29)30/h2-12,16,24,31-32,34H,13-15,17H2,1H3/t24-,26+/m1/s1. The molecule has 4 rings (SSSR count). The summed E-state index contributed by atoms with van der Waals surface area (Å²) in [6.07, 6.45) is -0.843. The van der Waals surface area contributed by atoms with Crippen LogP contribution in [0.2, 0.25) is 5.02 Å². The van der Waals surface area contributed by atoms with Gasteiger partial charge in [0.1, 0.15) is 12.6 Å². The molecule has 1 aliphatic heterocycles. The van der Waals surface area contributed by atoms with Gasteiger partial charge in [-0.3, -0.25) is 4.79 Å². The van der Waals surface area contributed by atoms with Gasteiger partial charge < -0.3 is 15.2 Å². The van der Waals surface area contributed by atoms with Crippen LogP contribution in [0.4, 0.5) is 14.5 Å². The van der Waals surface area contributed by atoms with E-state index in [0.29, 0.717) is 5.56 Å². The highest BCUT2D eigenvalue weighted by Gasteiger charge is 2.56. The van der Waals surface area contributed by atoms with Gasteiger partial charge >= 0.3 is 5.97 Å². The first kappa shape index (κ1) is 28.0. The Bertz CT molecular complexity index is 1400. The number of esters is 1. The number of nitrogens with one attached hydrogen (secondary N) is 2. The molecular formula is C27H27ClF2N2O5S. The third kappa shape index (κ3) is 5.99. The molecule has 0 spiro atoms. The number of ether oxygens (including phenoxy) is 1. The Labute approximate surface area is 224 Å². The van der Waals surface area contributed by atoms with Gasteiger partial charge in [0.15, 0.2) is 5.60 Å². The second-order valence-electron chi connectivity index (χ2n) is 9.22. The molecular weight excluding hydrogens is 538 g/mol. The van der Waals surface area contributed by atoms with Crippen molar-refractivity contribution in [1.29, 1.82) is 0 Å². The summed E-state index contributed by atoms with van der Waals surface area (Å²) in [6, 6.07) is 17.3. The molecule has 3 aromatic carbocycles. The summed E-state index contributed by atoms with van der Waals surface area (Å²) >= 11 is 6.03. The lowest BCUT2D eigenvalue weighted by atomic mass is 9.86. The summed E-state index contributed by atoms with van der Waals surface area (Å²) in [4.78, 5) is 13.2. The summed E-state index contributed by atoms with van der Waals surface area (Å²) in [5, 5.41) is 14.2. The minimum absolute atomic E-state index is 0.0717. The number of aryl methyl sites for hydroxylation is 1. The van der Waals surface area contributed by atoms with Crippen molar-refractivity contribution in [3.8, 4) is 0 Å². The van der Waals surface area contributed by atoms with E-state index in [1.807, 2.05) is 0 Å². The normalized spacial score (nSPS) is 19.5. The summed E-state index contributed by atoms with van der Waals surface area (Å²) < 4.78 is 64.1. The molecule has 0 saturated heterocycles. The smallest absolute Gasteiger partial charge is 0.324 e. The molecule has 0 radical (unpaired) electrons. The lowest BCUT2D eigenvalue weighted by molar-refractivity contribution is -0.214. The lowest BCUT2D eigenvalue weighted by Gasteiger charge is -2.35. The molecule has 0 bridgehead atoms. The molecule has 0 unspecified atom stereocenters. The molecule has 2 atom stereocenters. The van der Waals surface area contributed by atoms with Crippen LogP contribution < -0.4 is 10.0 Å². The molecule has 38 heavy (non-hydrogen) atoms. The maximum Gasteiger partial charge on any atom is 0.324 e. The average Bonchev–Trinajstić information content (AvgIpc) is 2.97. The van der Waals surface area contributed by atoms with Crippen molar-refractivity contribution in [2.75, 3.05) is 18.5 Å². The molecule has 0 fully saturated rings. The van der Waals surface area contributed by atoms with Gasteiger partial charge in [0.2, 0.25) is 10.0 Å². The molecule has 0 saturated carbocycles. The van der Waals surface area contributed by atoms with Crippen LogP contribution in [0.3, 0.4) is 0 Å². The number of carbonyl (C=O) groups excluding carboxylic acids is 1. The third-order valence-corrected chi connectivity index (χ3v) is 8.13. The van der Waals surface area contributed by atoms with Gasteiger partial charge in [0, 0.05) is 29.2 Å². The van der Waals surface area contributed by atoms with E-state index in [9.17, 15) is 18.3 Å². The van der Waals surface area contributed by atoms with Crippen LogP contribution in [-0.4, -0.2) is 44.6 Å². The first-order chi connectivity index (χ1) is 17.9. The molecule has 7 nitrogen and oxygen atoms in total. The minimum atomic E-state index is -4.17. The Balaban J connectivity index is 1.62. The van der Waals surface area contributed by atoms with Gasteiger partial charge in [-0.1, -0.05) is 59.6 Å². The number of sulfonamides is 1. The Morgan fingerprint density at radius 1 is 1.13 bits per heavy atom. The van der Waals surface area contributed by atoms with Crippen molar-refractivity contribution < 1.29 is 31.8 Å². The highest BCUT2D eigenvalue weighted by Crippen LogP contribution is 2.46. The van der Waals surface area contributed by atoms with Crippen LogP contribution >= 0.6 is 11.6 Å². The van der Waals surface area contributed by atoms with E-state index >= 15 is 8.78 Å². The van der Waals surface area contributed by atoms with Gasteiger partial charge in [0.25, 0.3) is 5.92 Å². The Hall–Kier alpha value is -3.05. The number of halogens is 3. The van der Waals surface area contributed by atoms with Crippen molar-refractivity contribution in [3.05, 3.63) is 94.5 Å². The predicted molar refractivity (Wildman–Crippen MR) is 140 cm³/mol. The predicted octanol–water partition coefficient (Wildman–Crippen LogP) is 4.42. The van der Waals surface area contributed by atoms with Gasteiger partial charge in [-0.05, 0) is 49.2 Å². The van der Waals surface area contributed by atoms with Crippen molar-refractivity contribution >= 4 is 33.3 Å². The van der Waals surface area contributed by atoms with Crippen molar-refractivity contribution in [3.63, 3.8) is 0 Å². The van der Waals surface area contributed by atoms with Crippen molar-refractivity contribution in [1.82, 2.24) is 4.72 Å². The van der Waals surface area contributed by atoms with E-state index in [-0.39, 0.29) is 34.1 Å². The average molecular weight is 565 g/mol. The highest BCUT2D eigenvalue weighted by molar-refractivity contribution is 7.89. The van der Waals surface area contributed by atoms with Gasteiger partial charge in [0.05, 0.1) is 4.90 Å². The number of fused-ring (bicyclic) bond motifs is 1. The zero-order valence-electron chi connectivity index (χ0n) is 20.5. The molecule has 3 aromatic rings. The van der Waals surface area contributed by atoms with E-state index in [0.717, 1.165) is 5.56 Å². The number of anilines is 1. The SMILES string of the molecule is Cc1ccc(S(=O)(=O)N[C@H](Cc2ccccc2)C(=O)OC[C@]2(O)c3cc(Cl)ccc3NCCC2(F)F)cc1. The minimum Gasteiger partial charge on any atom is -0.461 e. The van der Waals surface area contributed by atoms with E-state index in [1.54, 1.807) is 49.4 Å². The monoisotopic (exact) mass is 564 g/mol. The number of hydrogen-bond donors (Lipinski definition) is 3. The highest BCUT2D eigenvalue weighted by atomic mass is 35.5. The van der Waals surface area contributed by atoms with Crippen LogP contribution in [0.1, 0.15) is 23.1 Å². The second kappa shape index (κ2) is 11.0. The quantitative estimate of drug-likeness (QED) is 0.350. The molecule has 0 amide bonds. The fourth-order valence-corrected chi connectivity index (χ4v) is 5.58. The largest absolute Gasteiger partial charge is 0.461 e. The third-order valence-electron chi connectivity index (χ3n) is 6.41. The molecule has 3 N–H and O–H groups in total. The lowest BCUT2D eigenvalue weighted by Crippen LogP contribution is -2.51. The zero-order chi connectivity index (χ0) is 27.6. The molecule has 1 heterocycles. The van der Waals surface area contributed by atoms with Crippen molar-refractivity contribution in [2.24, 2.45) is 0 Å². The topological polar surface area (TPSA) is 105 Å². The number of benzene rings is 3. The van der Waals surface area contributed by atoms with Gasteiger partial charge in [-0.25, -0.2) is 17.2 Å². The molecule has 202 valence electrons. The van der Waals surface area contributed by atoms with Gasteiger partial charge in [-0.15, -0.1) is 0 Å². The maximum absolute atomic E-state index is 15.2. The molecule has 0 aliphatic carbocycles. The first-order valence-electron chi connectivity index (χ1n) is 11.8. The number of rotatable bonds is 8. The summed E-state index contributed by atoms with van der Waals surface area (Å²) in [5.74, 6) is -4.80. The molecule has 1 aliphatic rings. The zero-order valence-corrected chi connectivity index (χ0v) is 22.0. The number of aliphatic hydroxyl groups is 1. The van der Waals surface area contributed by atoms with Crippen LogP contribution in [-0.2, 0) is 31.6 Å². The second-order valence-corrected chi connectivity index (χ2v) is 11.4. The van der Waals surface area contributed by atoms with Crippen molar-refractivity contribution in [2.45, 2.75) is 42.2 Å². The Morgan fingerprint density at radius 2 is 1.82 bits per heavy atom. The first-order valence-corrected chi connectivity index (χ1v) is 13.7. The van der Waals surface area contributed by atoms with Crippen LogP contribution in [0.15, 0.2) is 77.7 Å². The number of alkyl halides is 2. The Kier molecular flexibility index (Phi) is 8.08. The maximum atomic E-state index is 15.2. The molecule has 11 heteroatoms. The van der Waals surface area contributed by atoms with Gasteiger partial charge in [-0.2, -0.15) is 4.72 Å². The van der Waals surface area contributed by atoms with Crippen LogP contribution in [0, 0.1) is 6.92 Å². The van der Waals surface area contributed by atoms with E-state index in [4.69, 9.17) is 16.3 Å². The van der Waals surface area contributed by atoms with E-state index < -0.39 is 46.6 Å². The number of carbonyl (C=O) groups is 1. The van der Waals surface area contributed by atoms with E-state index in [2.05, 4.69) is 10.0 Å². The Morgan fingerprint density at radius 3 is 2.50 bits per heavy atom. The van der Waals surface area contributed by atoms with Crippen LogP contribution in [0.5, 0.6) is 0 Å². The summed E-state index contributed by atoms with van der Waals surface area (Å²) in [6.45, 7) is 0.546. The summed E-state index contributed by atoms with van der Waals surface area (Å²) in [7, 11) is -4.17.